The van der Waals surface area contributed by atoms with Gasteiger partial charge in [-0.3, -0.25) is 0 Å². The van der Waals surface area contributed by atoms with E-state index < -0.39 is 0 Å². The summed E-state index contributed by atoms with van der Waals surface area (Å²) in [4.78, 5) is 10.6. The quantitative estimate of drug-likeness (QED) is 0.666. The first-order valence-electron chi connectivity index (χ1n) is 5.34. The Balaban J connectivity index is 2.14. The highest BCUT2D eigenvalue weighted by molar-refractivity contribution is 5.53. The van der Waals surface area contributed by atoms with Gasteiger partial charge in [0.2, 0.25) is 0 Å². The summed E-state index contributed by atoms with van der Waals surface area (Å²) in [7, 11) is 0. The smallest absolute Gasteiger partial charge is 0.122 e. The van der Waals surface area contributed by atoms with Gasteiger partial charge in [-0.05, 0) is 36.3 Å². The number of carbonyl (C=O) groups is 1. The predicted molar refractivity (Wildman–Crippen MR) is 57.3 cm³/mol. The second kappa shape index (κ2) is 3.95. The van der Waals surface area contributed by atoms with E-state index in [1.807, 2.05) is 6.92 Å². The molecule has 1 aromatic rings. The molecule has 1 aromatic carbocycles. The molecule has 0 amide bonds. The molecule has 0 aliphatic heterocycles. The van der Waals surface area contributed by atoms with Gasteiger partial charge in [0.05, 0.1) is 0 Å². The lowest BCUT2D eigenvalue weighted by molar-refractivity contribution is -0.110. The lowest BCUT2D eigenvalue weighted by Crippen LogP contribution is -2.03. The van der Waals surface area contributed by atoms with Gasteiger partial charge in [-0.2, -0.15) is 0 Å². The van der Waals surface area contributed by atoms with Crippen LogP contribution in [0, 0.1) is 5.92 Å². The van der Waals surface area contributed by atoms with E-state index in [4.69, 9.17) is 0 Å². The first kappa shape index (κ1) is 9.45. The molecule has 1 aliphatic rings. The molecule has 0 saturated carbocycles. The Hall–Kier alpha value is -1.11. The number of hydrogen-bond donors (Lipinski definition) is 0. The molecular weight excluding hydrogens is 172 g/mol. The average Bonchev–Trinajstić information content (AvgIpc) is 2.62. The van der Waals surface area contributed by atoms with Crippen molar-refractivity contribution < 1.29 is 4.79 Å². The van der Waals surface area contributed by atoms with Crippen molar-refractivity contribution in [2.24, 2.45) is 5.92 Å². The summed E-state index contributed by atoms with van der Waals surface area (Å²) in [6, 6.07) is 8.62. The zero-order valence-electron chi connectivity index (χ0n) is 8.57. The molecule has 0 heterocycles. The molecule has 0 saturated heterocycles. The Bertz CT molecular complexity index is 330. The van der Waals surface area contributed by atoms with Gasteiger partial charge in [0.25, 0.3) is 0 Å². The number of fused-ring (bicyclic) bond motifs is 1. The van der Waals surface area contributed by atoms with Gasteiger partial charge in [-0.1, -0.05) is 31.2 Å². The van der Waals surface area contributed by atoms with Crippen molar-refractivity contribution in [2.75, 3.05) is 0 Å². The fourth-order valence-electron chi connectivity index (χ4n) is 2.39. The maximum absolute atomic E-state index is 10.6. The zero-order chi connectivity index (χ0) is 9.97. The van der Waals surface area contributed by atoms with Crippen molar-refractivity contribution in [2.45, 2.75) is 32.1 Å². The van der Waals surface area contributed by atoms with Crippen LogP contribution >= 0.6 is 0 Å². The van der Waals surface area contributed by atoms with E-state index in [2.05, 4.69) is 24.3 Å². The second-order valence-corrected chi connectivity index (χ2v) is 4.28. The predicted octanol–water partition coefficient (Wildman–Crippen LogP) is 2.94. The second-order valence-electron chi connectivity index (χ2n) is 4.28. The van der Waals surface area contributed by atoms with Gasteiger partial charge < -0.3 is 4.79 Å². The fraction of sp³-hybridized carbons (Fsp3) is 0.462. The number of aryl methyl sites for hydroxylation is 1. The molecule has 1 nitrogen and oxygen atoms in total. The molecule has 1 aliphatic carbocycles. The highest BCUT2D eigenvalue weighted by Crippen LogP contribution is 2.36. The molecule has 74 valence electrons. The topological polar surface area (TPSA) is 17.1 Å². The highest BCUT2D eigenvalue weighted by Gasteiger charge is 2.23. The maximum Gasteiger partial charge on any atom is 0.122 e. The van der Waals surface area contributed by atoms with Crippen LogP contribution in [0.15, 0.2) is 24.3 Å². The summed E-state index contributed by atoms with van der Waals surface area (Å²) >= 11 is 0. The van der Waals surface area contributed by atoms with Crippen molar-refractivity contribution >= 4 is 6.29 Å². The number of aldehydes is 1. The van der Waals surface area contributed by atoms with Gasteiger partial charge >= 0.3 is 0 Å². The summed E-state index contributed by atoms with van der Waals surface area (Å²) in [5.74, 6) is 0.817. The van der Waals surface area contributed by atoms with Crippen LogP contribution in [-0.2, 0) is 11.2 Å². The van der Waals surface area contributed by atoms with Crippen molar-refractivity contribution in [3.05, 3.63) is 35.4 Å². The summed E-state index contributed by atoms with van der Waals surface area (Å²) in [5.41, 5.74) is 2.96. The first-order valence-corrected chi connectivity index (χ1v) is 5.34. The Morgan fingerprint density at radius 1 is 1.50 bits per heavy atom. The minimum atomic E-state index is 0.200. The maximum atomic E-state index is 10.6. The summed E-state index contributed by atoms with van der Waals surface area (Å²) in [6.45, 7) is 2.01. The number of hydrogen-bond acceptors (Lipinski definition) is 1. The Morgan fingerprint density at radius 2 is 2.29 bits per heavy atom. The van der Waals surface area contributed by atoms with Crippen LogP contribution in [0.25, 0.3) is 0 Å². The van der Waals surface area contributed by atoms with Crippen molar-refractivity contribution in [1.29, 1.82) is 0 Å². The summed E-state index contributed by atoms with van der Waals surface area (Å²) in [6.07, 6.45) is 4.49. The molecule has 0 aromatic heterocycles. The van der Waals surface area contributed by atoms with Gasteiger partial charge in [0.15, 0.2) is 0 Å². The third kappa shape index (κ3) is 1.72. The lowest BCUT2D eigenvalue weighted by atomic mass is 9.92. The number of benzene rings is 1. The van der Waals surface area contributed by atoms with Crippen LogP contribution in [-0.4, -0.2) is 6.29 Å². The SMILES string of the molecule is CC(C=O)CC1CCc2ccccc21. The van der Waals surface area contributed by atoms with Crippen molar-refractivity contribution in [3.63, 3.8) is 0 Å². The molecule has 14 heavy (non-hydrogen) atoms. The monoisotopic (exact) mass is 188 g/mol. The largest absolute Gasteiger partial charge is 0.303 e. The molecule has 0 radical (unpaired) electrons. The minimum Gasteiger partial charge on any atom is -0.303 e. The molecule has 0 bridgehead atoms. The Labute approximate surface area is 85.1 Å². The molecule has 2 unspecified atom stereocenters. The highest BCUT2D eigenvalue weighted by atomic mass is 16.1. The van der Waals surface area contributed by atoms with Gasteiger partial charge in [0.1, 0.15) is 6.29 Å². The van der Waals surface area contributed by atoms with Crippen LogP contribution in [0.4, 0.5) is 0 Å². The Kier molecular flexibility index (Phi) is 2.67. The van der Waals surface area contributed by atoms with E-state index in [0.29, 0.717) is 5.92 Å². The first-order chi connectivity index (χ1) is 6.81. The molecule has 2 rings (SSSR count). The van der Waals surface area contributed by atoms with E-state index in [1.54, 1.807) is 0 Å². The van der Waals surface area contributed by atoms with Crippen LogP contribution in [0.1, 0.15) is 36.8 Å². The molecule has 2 atom stereocenters. The minimum absolute atomic E-state index is 0.200. The zero-order valence-corrected chi connectivity index (χ0v) is 8.57. The normalized spacial score (nSPS) is 21.6. The van der Waals surface area contributed by atoms with Crippen molar-refractivity contribution in [3.8, 4) is 0 Å². The van der Waals surface area contributed by atoms with E-state index in [9.17, 15) is 4.79 Å². The van der Waals surface area contributed by atoms with Gasteiger partial charge in [-0.15, -0.1) is 0 Å². The van der Waals surface area contributed by atoms with E-state index >= 15 is 0 Å². The molecular formula is C13H16O. The summed E-state index contributed by atoms with van der Waals surface area (Å²) in [5, 5.41) is 0. The molecule has 0 spiro atoms. The van der Waals surface area contributed by atoms with E-state index in [0.717, 1.165) is 12.7 Å². The molecule has 0 fully saturated rings. The van der Waals surface area contributed by atoms with Crippen LogP contribution in [0.3, 0.4) is 0 Å². The fourth-order valence-corrected chi connectivity index (χ4v) is 2.39. The summed E-state index contributed by atoms with van der Waals surface area (Å²) < 4.78 is 0. The molecule has 1 heteroatoms. The van der Waals surface area contributed by atoms with Crippen LogP contribution in [0.5, 0.6) is 0 Å². The Morgan fingerprint density at radius 3 is 3.07 bits per heavy atom. The van der Waals surface area contributed by atoms with Gasteiger partial charge in [-0.25, -0.2) is 0 Å². The van der Waals surface area contributed by atoms with Gasteiger partial charge in [0, 0.05) is 5.92 Å². The average molecular weight is 188 g/mol. The lowest BCUT2D eigenvalue weighted by Gasteiger charge is -2.12. The van der Waals surface area contributed by atoms with Crippen molar-refractivity contribution in [1.82, 2.24) is 0 Å². The van der Waals surface area contributed by atoms with E-state index in [-0.39, 0.29) is 5.92 Å². The standard InChI is InChI=1S/C13H16O/c1-10(9-14)8-12-7-6-11-4-2-3-5-13(11)12/h2-5,9-10,12H,6-8H2,1H3. The molecule has 0 N–H and O–H groups in total. The van der Waals surface area contributed by atoms with E-state index in [1.165, 1.54) is 24.0 Å². The van der Waals surface area contributed by atoms with Crippen LogP contribution < -0.4 is 0 Å². The number of rotatable bonds is 3. The third-order valence-electron chi connectivity index (χ3n) is 3.15. The number of carbonyl (C=O) groups excluding carboxylic acids is 1. The van der Waals surface area contributed by atoms with Crippen LogP contribution in [0.2, 0.25) is 0 Å². The third-order valence-corrected chi connectivity index (χ3v) is 3.15.